The zero-order chi connectivity index (χ0) is 19.3. The lowest BCUT2D eigenvalue weighted by molar-refractivity contribution is 0.314. The molecule has 0 unspecified atom stereocenters. The molecule has 10 heteroatoms. The van der Waals surface area contributed by atoms with Crippen LogP contribution in [0.3, 0.4) is 0 Å². The number of hydrogen-bond donors (Lipinski definition) is 2. The number of likely N-dealkylation sites (N-methyl/N-ethyl adjacent to an activating group) is 1. The summed E-state index contributed by atoms with van der Waals surface area (Å²) in [6.07, 6.45) is 4.49. The number of alkyl halides is 1. The summed E-state index contributed by atoms with van der Waals surface area (Å²) in [6, 6.07) is 5.38. The summed E-state index contributed by atoms with van der Waals surface area (Å²) in [5.74, 6) is 1.04. The molecule has 1 aliphatic heterocycles. The molecular formula is C18H20FN9. The maximum absolute atomic E-state index is 14.1. The molecule has 0 amide bonds. The van der Waals surface area contributed by atoms with Crippen molar-refractivity contribution in [2.24, 2.45) is 0 Å². The van der Waals surface area contributed by atoms with Gasteiger partial charge in [-0.3, -0.25) is 0 Å². The van der Waals surface area contributed by atoms with Crippen LogP contribution in [0.4, 0.5) is 16.2 Å². The van der Waals surface area contributed by atoms with E-state index in [4.69, 9.17) is 0 Å². The van der Waals surface area contributed by atoms with Crippen molar-refractivity contribution >= 4 is 22.9 Å². The van der Waals surface area contributed by atoms with Gasteiger partial charge in [0.2, 0.25) is 5.95 Å². The molecule has 0 spiro atoms. The van der Waals surface area contributed by atoms with Crippen LogP contribution in [0.5, 0.6) is 0 Å². The Morgan fingerprint density at radius 3 is 2.75 bits per heavy atom. The monoisotopic (exact) mass is 381 g/mol. The molecule has 9 nitrogen and oxygen atoms in total. The van der Waals surface area contributed by atoms with Gasteiger partial charge in [0.05, 0.1) is 17.9 Å². The first-order chi connectivity index (χ1) is 13.6. The smallest absolute Gasteiger partial charge is 0.243 e. The van der Waals surface area contributed by atoms with Gasteiger partial charge in [0.15, 0.2) is 11.5 Å². The Morgan fingerprint density at radius 1 is 1.11 bits per heavy atom. The highest BCUT2D eigenvalue weighted by molar-refractivity contribution is 5.87. The first kappa shape index (κ1) is 16.9. The van der Waals surface area contributed by atoms with E-state index >= 15 is 0 Å². The van der Waals surface area contributed by atoms with Gasteiger partial charge in [-0.05, 0) is 19.2 Å². The third-order valence-corrected chi connectivity index (χ3v) is 5.03. The zero-order valence-corrected chi connectivity index (χ0v) is 15.5. The molecule has 5 rings (SSSR count). The number of nitrogens with one attached hydrogen (secondary N) is 2. The van der Waals surface area contributed by atoms with Crippen LogP contribution in [-0.4, -0.2) is 73.5 Å². The number of rotatable bonds is 4. The van der Waals surface area contributed by atoms with Crippen LogP contribution in [0.1, 0.15) is 0 Å². The van der Waals surface area contributed by atoms with E-state index in [9.17, 15) is 4.39 Å². The lowest BCUT2D eigenvalue weighted by Crippen LogP contribution is -2.30. The summed E-state index contributed by atoms with van der Waals surface area (Å²) in [7, 11) is 3.71. The van der Waals surface area contributed by atoms with Crippen LogP contribution >= 0.6 is 0 Å². The average molecular weight is 381 g/mol. The van der Waals surface area contributed by atoms with Gasteiger partial charge in [-0.25, -0.2) is 18.4 Å². The van der Waals surface area contributed by atoms with E-state index < -0.39 is 6.17 Å². The van der Waals surface area contributed by atoms with Crippen molar-refractivity contribution in [3.05, 3.63) is 36.8 Å². The Labute approximate surface area is 160 Å². The largest absolute Gasteiger partial charge is 0.371 e. The van der Waals surface area contributed by atoms with Gasteiger partial charge >= 0.3 is 0 Å². The molecule has 5 heterocycles. The second-order valence-electron chi connectivity index (χ2n) is 6.99. The van der Waals surface area contributed by atoms with Crippen LogP contribution in [0.2, 0.25) is 0 Å². The number of likely N-dealkylation sites (tertiary alicyclic amines) is 1. The molecule has 0 saturated carbocycles. The lowest BCUT2D eigenvalue weighted by Gasteiger charge is -2.15. The summed E-state index contributed by atoms with van der Waals surface area (Å²) in [6.45, 7) is 1.03. The lowest BCUT2D eigenvalue weighted by atomic mass is 10.2. The second kappa shape index (κ2) is 6.41. The highest BCUT2D eigenvalue weighted by Crippen LogP contribution is 2.29. The van der Waals surface area contributed by atoms with Crippen LogP contribution in [0, 0.1) is 0 Å². The Hall–Kier alpha value is -3.27. The highest BCUT2D eigenvalue weighted by Gasteiger charge is 2.31. The minimum Gasteiger partial charge on any atom is -0.371 e. The van der Waals surface area contributed by atoms with Crippen molar-refractivity contribution in [1.82, 2.24) is 34.1 Å². The second-order valence-corrected chi connectivity index (χ2v) is 6.99. The fraction of sp³-hybridized carbons (Fsp3) is 0.333. The molecular weight excluding hydrogens is 361 g/mol. The van der Waals surface area contributed by atoms with E-state index in [-0.39, 0.29) is 6.04 Å². The molecule has 4 aromatic rings. The van der Waals surface area contributed by atoms with Gasteiger partial charge in [0.1, 0.15) is 11.7 Å². The summed E-state index contributed by atoms with van der Waals surface area (Å²) in [4.78, 5) is 11.2. The molecule has 0 aromatic carbocycles. The average Bonchev–Trinajstić information content (AvgIpc) is 3.39. The van der Waals surface area contributed by atoms with Crippen molar-refractivity contribution in [1.29, 1.82) is 0 Å². The van der Waals surface area contributed by atoms with Crippen LogP contribution < -0.4 is 10.6 Å². The van der Waals surface area contributed by atoms with Crippen molar-refractivity contribution in [3.8, 4) is 11.3 Å². The van der Waals surface area contributed by atoms with Gasteiger partial charge in [-0.15, -0.1) is 5.10 Å². The molecule has 0 radical (unpaired) electrons. The zero-order valence-electron chi connectivity index (χ0n) is 15.5. The molecule has 1 saturated heterocycles. The van der Waals surface area contributed by atoms with Crippen molar-refractivity contribution in [2.75, 3.05) is 37.8 Å². The molecule has 1 fully saturated rings. The normalized spacial score (nSPS) is 20.2. The summed E-state index contributed by atoms with van der Waals surface area (Å²) in [5, 5.41) is 15.0. The Balaban J connectivity index is 1.55. The summed E-state index contributed by atoms with van der Waals surface area (Å²) in [5.41, 5.74) is 3.28. The van der Waals surface area contributed by atoms with Crippen LogP contribution in [0.15, 0.2) is 36.8 Å². The number of hydrogen-bond acceptors (Lipinski definition) is 7. The van der Waals surface area contributed by atoms with Gasteiger partial charge in [0.25, 0.3) is 0 Å². The topological polar surface area (TPSA) is 87.7 Å². The number of anilines is 2. The van der Waals surface area contributed by atoms with E-state index in [1.807, 2.05) is 42.5 Å². The minimum absolute atomic E-state index is 0.326. The fourth-order valence-corrected chi connectivity index (χ4v) is 3.68. The van der Waals surface area contributed by atoms with Crippen LogP contribution in [0.25, 0.3) is 22.4 Å². The minimum atomic E-state index is -0.950. The molecule has 0 bridgehead atoms. The molecule has 2 atom stereocenters. The third-order valence-electron chi connectivity index (χ3n) is 5.03. The fourth-order valence-electron chi connectivity index (χ4n) is 3.68. The maximum atomic E-state index is 14.1. The number of fused-ring (bicyclic) bond motifs is 2. The Bertz CT molecular complexity index is 1150. The van der Waals surface area contributed by atoms with Gasteiger partial charge < -0.3 is 15.5 Å². The van der Waals surface area contributed by atoms with Crippen molar-refractivity contribution in [3.63, 3.8) is 0 Å². The van der Waals surface area contributed by atoms with E-state index in [2.05, 4.69) is 30.8 Å². The van der Waals surface area contributed by atoms with Gasteiger partial charge in [-0.1, -0.05) is 0 Å². The maximum Gasteiger partial charge on any atom is 0.243 e. The number of halogens is 1. The molecule has 28 heavy (non-hydrogen) atoms. The summed E-state index contributed by atoms with van der Waals surface area (Å²) < 4.78 is 17.6. The van der Waals surface area contributed by atoms with E-state index in [1.54, 1.807) is 22.3 Å². The first-order valence-corrected chi connectivity index (χ1v) is 9.09. The molecule has 2 N–H and O–H groups in total. The van der Waals surface area contributed by atoms with E-state index in [0.717, 1.165) is 22.4 Å². The van der Waals surface area contributed by atoms with Gasteiger partial charge in [-0.2, -0.15) is 10.1 Å². The Morgan fingerprint density at radius 2 is 1.96 bits per heavy atom. The molecule has 4 aromatic heterocycles. The highest BCUT2D eigenvalue weighted by atomic mass is 19.1. The molecule has 0 aliphatic carbocycles. The van der Waals surface area contributed by atoms with Crippen molar-refractivity contribution in [2.45, 2.75) is 12.2 Å². The Kier molecular flexibility index (Phi) is 3.86. The SMILES string of the molecule is CNc1nc(N[C@@H]2CN(C)C[C@@H]2F)nn2ccc(-c3ccn4nccc4n3)c12. The van der Waals surface area contributed by atoms with E-state index in [0.29, 0.717) is 24.9 Å². The number of nitrogens with zero attached hydrogens (tertiary/aromatic N) is 7. The quantitative estimate of drug-likeness (QED) is 0.554. The van der Waals surface area contributed by atoms with E-state index in [1.165, 1.54) is 0 Å². The standard InChI is InChI=1S/C18H20FN9/c1-20-17-16-11(13-5-8-27-15(22-13)3-6-21-27)4-7-28(16)25-18(24-17)23-14-10-26(2)9-12(14)19/h3-8,12,14H,9-10H2,1-2H3,(H2,20,23,24,25)/t12-,14+/m0/s1. The third kappa shape index (κ3) is 2.73. The summed E-state index contributed by atoms with van der Waals surface area (Å²) >= 11 is 0. The van der Waals surface area contributed by atoms with Crippen LogP contribution in [-0.2, 0) is 0 Å². The number of aromatic nitrogens is 6. The predicted molar refractivity (Wildman–Crippen MR) is 104 cm³/mol. The van der Waals surface area contributed by atoms with Gasteiger partial charge in [0, 0.05) is 44.2 Å². The molecule has 1 aliphatic rings. The molecule has 144 valence electrons. The first-order valence-electron chi connectivity index (χ1n) is 9.09. The van der Waals surface area contributed by atoms with Crippen molar-refractivity contribution < 1.29 is 4.39 Å². The predicted octanol–water partition coefficient (Wildman–Crippen LogP) is 1.54.